The van der Waals surface area contributed by atoms with E-state index in [2.05, 4.69) is 4.84 Å². The molecule has 0 saturated carbocycles. The van der Waals surface area contributed by atoms with E-state index < -0.39 is 23.9 Å². The molecule has 0 fully saturated rings. The van der Waals surface area contributed by atoms with E-state index in [0.29, 0.717) is 19.4 Å². The van der Waals surface area contributed by atoms with Gasteiger partial charge >= 0.3 is 12.1 Å². The summed E-state index contributed by atoms with van der Waals surface area (Å²) in [6.45, 7) is 0.518. The van der Waals surface area contributed by atoms with Crippen LogP contribution in [-0.4, -0.2) is 24.6 Å². The summed E-state index contributed by atoms with van der Waals surface area (Å²) in [7, 11) is 0. The van der Waals surface area contributed by atoms with Crippen molar-refractivity contribution < 1.29 is 23.6 Å². The Bertz CT molecular complexity index is 467. The standard InChI is InChI=1S/C13H18FN3O4/c14-9-4-6-10(7-5-9)20-13(19)17-21-12(18)11(16)3-1-2-8-15/h4-7,11H,1-3,8,15-16H2,(H,17,19)/t11-/m0/s1. The van der Waals surface area contributed by atoms with Gasteiger partial charge in [0.2, 0.25) is 0 Å². The largest absolute Gasteiger partial charge is 0.446 e. The van der Waals surface area contributed by atoms with Crippen molar-refractivity contribution >= 4 is 12.1 Å². The second-order valence-electron chi connectivity index (χ2n) is 4.26. The van der Waals surface area contributed by atoms with Gasteiger partial charge in [-0.25, -0.2) is 14.0 Å². The van der Waals surface area contributed by atoms with Gasteiger partial charge in [0, 0.05) is 0 Å². The minimum atomic E-state index is -1.01. The Morgan fingerprint density at radius 2 is 1.90 bits per heavy atom. The van der Waals surface area contributed by atoms with E-state index in [-0.39, 0.29) is 5.75 Å². The van der Waals surface area contributed by atoms with E-state index in [9.17, 15) is 14.0 Å². The molecule has 1 rings (SSSR count). The van der Waals surface area contributed by atoms with Crippen LogP contribution in [0.5, 0.6) is 5.75 Å². The fourth-order valence-corrected chi connectivity index (χ4v) is 1.42. The van der Waals surface area contributed by atoms with Crippen LogP contribution in [-0.2, 0) is 9.63 Å². The molecule has 0 saturated heterocycles. The Hall–Kier alpha value is -2.19. The number of nitrogens with two attached hydrogens (primary N) is 2. The molecule has 116 valence electrons. The van der Waals surface area contributed by atoms with Crippen molar-refractivity contribution in [2.75, 3.05) is 6.54 Å². The van der Waals surface area contributed by atoms with Crippen molar-refractivity contribution in [3.05, 3.63) is 30.1 Å². The maximum atomic E-state index is 12.6. The molecule has 1 aromatic rings. The lowest BCUT2D eigenvalue weighted by molar-refractivity contribution is -0.151. The number of hydrogen-bond donors (Lipinski definition) is 3. The van der Waals surface area contributed by atoms with E-state index in [4.69, 9.17) is 16.2 Å². The lowest BCUT2D eigenvalue weighted by Gasteiger charge is -2.11. The summed E-state index contributed by atoms with van der Waals surface area (Å²) in [4.78, 5) is 27.3. The Kier molecular flexibility index (Phi) is 7.13. The zero-order valence-corrected chi connectivity index (χ0v) is 11.4. The Labute approximate surface area is 121 Å². The van der Waals surface area contributed by atoms with Gasteiger partial charge in [0.15, 0.2) is 0 Å². The molecule has 1 amide bonds. The van der Waals surface area contributed by atoms with Crippen molar-refractivity contribution in [3.63, 3.8) is 0 Å². The van der Waals surface area contributed by atoms with Crippen LogP contribution in [0.2, 0.25) is 0 Å². The van der Waals surface area contributed by atoms with Crippen LogP contribution in [0.3, 0.4) is 0 Å². The van der Waals surface area contributed by atoms with E-state index in [0.717, 1.165) is 18.6 Å². The van der Waals surface area contributed by atoms with Gasteiger partial charge in [0.25, 0.3) is 0 Å². The maximum absolute atomic E-state index is 12.6. The molecule has 0 aliphatic heterocycles. The van der Waals surface area contributed by atoms with Crippen LogP contribution < -0.4 is 21.7 Å². The van der Waals surface area contributed by atoms with Crippen molar-refractivity contribution in [3.8, 4) is 5.75 Å². The number of amides is 1. The molecule has 8 heteroatoms. The average molecular weight is 299 g/mol. The normalized spacial score (nSPS) is 11.6. The summed E-state index contributed by atoms with van der Waals surface area (Å²) >= 11 is 0. The highest BCUT2D eigenvalue weighted by molar-refractivity contribution is 5.77. The number of nitrogens with one attached hydrogen (secondary N) is 1. The zero-order chi connectivity index (χ0) is 15.7. The zero-order valence-electron chi connectivity index (χ0n) is 11.4. The second-order valence-corrected chi connectivity index (χ2v) is 4.26. The fourth-order valence-electron chi connectivity index (χ4n) is 1.42. The Morgan fingerprint density at radius 3 is 2.52 bits per heavy atom. The van der Waals surface area contributed by atoms with Gasteiger partial charge in [0.1, 0.15) is 17.6 Å². The summed E-state index contributed by atoms with van der Waals surface area (Å²) in [5.74, 6) is -1.13. The van der Waals surface area contributed by atoms with Gasteiger partial charge in [-0.15, -0.1) is 5.48 Å². The molecule has 7 nitrogen and oxygen atoms in total. The summed E-state index contributed by atoms with van der Waals surface area (Å²) in [6, 6.07) is 3.93. The first kappa shape index (κ1) is 16.9. The molecule has 0 bridgehead atoms. The third kappa shape index (κ3) is 6.68. The molecule has 0 unspecified atom stereocenters. The third-order valence-corrected chi connectivity index (χ3v) is 2.53. The fraction of sp³-hybridized carbons (Fsp3) is 0.385. The molecule has 1 atom stereocenters. The van der Waals surface area contributed by atoms with Gasteiger partial charge in [-0.2, -0.15) is 0 Å². The highest BCUT2D eigenvalue weighted by Gasteiger charge is 2.16. The molecule has 0 spiro atoms. The SMILES string of the molecule is NCCCC[C@H](N)C(=O)ONC(=O)Oc1ccc(F)cc1. The Balaban J connectivity index is 2.28. The van der Waals surface area contributed by atoms with E-state index in [1.807, 2.05) is 5.48 Å². The first-order valence-corrected chi connectivity index (χ1v) is 6.42. The molecule has 0 aliphatic carbocycles. The predicted octanol–water partition coefficient (Wildman–Crippen LogP) is 0.829. The predicted molar refractivity (Wildman–Crippen MR) is 72.5 cm³/mol. The molecule has 21 heavy (non-hydrogen) atoms. The van der Waals surface area contributed by atoms with Crippen LogP contribution >= 0.6 is 0 Å². The van der Waals surface area contributed by atoms with E-state index in [1.54, 1.807) is 0 Å². The molecule has 1 aromatic carbocycles. The van der Waals surface area contributed by atoms with Crippen LogP contribution in [0.1, 0.15) is 19.3 Å². The second kappa shape index (κ2) is 8.88. The topological polar surface area (TPSA) is 117 Å². The van der Waals surface area contributed by atoms with Crippen molar-refractivity contribution in [2.45, 2.75) is 25.3 Å². The van der Waals surface area contributed by atoms with Gasteiger partial charge < -0.3 is 21.0 Å². The van der Waals surface area contributed by atoms with E-state index in [1.165, 1.54) is 12.1 Å². The van der Waals surface area contributed by atoms with Crippen molar-refractivity contribution in [2.24, 2.45) is 11.5 Å². The summed E-state index contributed by atoms with van der Waals surface area (Å²) in [5, 5.41) is 0. The minimum absolute atomic E-state index is 0.109. The van der Waals surface area contributed by atoms with Crippen molar-refractivity contribution in [1.82, 2.24) is 5.48 Å². The number of carbonyl (C=O) groups is 2. The number of unbranched alkanes of at least 4 members (excludes halogenated alkanes) is 1. The van der Waals surface area contributed by atoms with Crippen LogP contribution in [0.25, 0.3) is 0 Å². The molecule has 0 aromatic heterocycles. The molecular formula is C13H18FN3O4. The lowest BCUT2D eigenvalue weighted by Crippen LogP contribution is -2.38. The maximum Gasteiger partial charge on any atom is 0.446 e. The molecule has 5 N–H and O–H groups in total. The highest BCUT2D eigenvalue weighted by atomic mass is 19.1. The highest BCUT2D eigenvalue weighted by Crippen LogP contribution is 2.10. The number of benzene rings is 1. The van der Waals surface area contributed by atoms with Gasteiger partial charge in [-0.3, -0.25) is 0 Å². The van der Waals surface area contributed by atoms with Gasteiger partial charge in [0.05, 0.1) is 0 Å². The quantitative estimate of drug-likeness (QED) is 0.529. The van der Waals surface area contributed by atoms with Crippen molar-refractivity contribution in [1.29, 1.82) is 0 Å². The summed E-state index contributed by atoms with van der Waals surface area (Å²) < 4.78 is 17.4. The molecule has 0 heterocycles. The molecule has 0 radical (unpaired) electrons. The van der Waals surface area contributed by atoms with Crippen LogP contribution in [0, 0.1) is 5.82 Å². The molecule has 0 aliphatic rings. The number of halogens is 1. The lowest BCUT2D eigenvalue weighted by atomic mass is 10.1. The van der Waals surface area contributed by atoms with Crippen LogP contribution in [0.15, 0.2) is 24.3 Å². The first-order valence-electron chi connectivity index (χ1n) is 6.42. The van der Waals surface area contributed by atoms with Crippen LogP contribution in [0.4, 0.5) is 9.18 Å². The minimum Gasteiger partial charge on any atom is -0.408 e. The molecular weight excluding hydrogens is 281 g/mol. The first-order chi connectivity index (χ1) is 10.0. The number of rotatable bonds is 6. The average Bonchev–Trinajstić information content (AvgIpc) is 2.47. The van der Waals surface area contributed by atoms with Gasteiger partial charge in [-0.05, 0) is 43.7 Å². The third-order valence-electron chi connectivity index (χ3n) is 2.53. The summed E-state index contributed by atoms with van der Waals surface area (Å²) in [6.07, 6.45) is 0.836. The number of hydrogen-bond acceptors (Lipinski definition) is 6. The summed E-state index contributed by atoms with van der Waals surface area (Å²) in [5.41, 5.74) is 12.7. The van der Waals surface area contributed by atoms with E-state index >= 15 is 0 Å². The van der Waals surface area contributed by atoms with Gasteiger partial charge in [-0.1, -0.05) is 6.42 Å². The Morgan fingerprint density at radius 1 is 1.24 bits per heavy atom. The number of ether oxygens (including phenoxy) is 1. The number of hydroxylamine groups is 1. The number of carbonyl (C=O) groups excluding carboxylic acids is 2. The smallest absolute Gasteiger partial charge is 0.408 e. The monoisotopic (exact) mass is 299 g/mol.